The predicted molar refractivity (Wildman–Crippen MR) is 106 cm³/mol. The first-order valence-electron chi connectivity index (χ1n) is 10.2. The van der Waals surface area contributed by atoms with E-state index < -0.39 is 23.8 Å². The monoisotopic (exact) mass is 451 g/mol. The second-order valence-electron chi connectivity index (χ2n) is 7.56. The van der Waals surface area contributed by atoms with Gasteiger partial charge in [0.15, 0.2) is 5.78 Å². The summed E-state index contributed by atoms with van der Waals surface area (Å²) in [6, 6.07) is 4.78. The Bertz CT molecular complexity index is 1120. The van der Waals surface area contributed by atoms with E-state index in [1.165, 1.54) is 6.07 Å². The maximum Gasteiger partial charge on any atom is 0.433 e. The molecule has 0 spiro atoms. The average molecular weight is 451 g/mol. The lowest BCUT2D eigenvalue weighted by molar-refractivity contribution is -0.141. The summed E-state index contributed by atoms with van der Waals surface area (Å²) in [5.41, 5.74) is -0.289. The van der Waals surface area contributed by atoms with Crippen molar-refractivity contribution in [1.29, 1.82) is 0 Å². The van der Waals surface area contributed by atoms with Gasteiger partial charge >= 0.3 is 6.18 Å². The smallest absolute Gasteiger partial charge is 0.433 e. The molecule has 6 nitrogen and oxygen atoms in total. The number of halogens is 4. The molecule has 1 aliphatic heterocycles. The molecule has 1 saturated heterocycles. The van der Waals surface area contributed by atoms with Crippen LogP contribution in [-0.4, -0.2) is 40.0 Å². The highest BCUT2D eigenvalue weighted by Crippen LogP contribution is 2.33. The molecule has 1 fully saturated rings. The van der Waals surface area contributed by atoms with Crippen molar-refractivity contribution in [2.24, 2.45) is 5.92 Å². The Morgan fingerprint density at radius 3 is 2.81 bits per heavy atom. The van der Waals surface area contributed by atoms with Gasteiger partial charge in [-0.1, -0.05) is 6.07 Å². The van der Waals surface area contributed by atoms with E-state index >= 15 is 0 Å². The summed E-state index contributed by atoms with van der Waals surface area (Å²) in [6.07, 6.45) is -2.42. The highest BCUT2D eigenvalue weighted by molar-refractivity contribution is 5.96. The molecule has 32 heavy (non-hydrogen) atoms. The van der Waals surface area contributed by atoms with Crippen LogP contribution in [0.1, 0.15) is 47.0 Å². The van der Waals surface area contributed by atoms with Gasteiger partial charge in [-0.25, -0.2) is 14.4 Å². The van der Waals surface area contributed by atoms with Crippen molar-refractivity contribution in [2.45, 2.75) is 32.1 Å². The number of alkyl halides is 4. The maximum atomic E-state index is 14.9. The van der Waals surface area contributed by atoms with Crippen molar-refractivity contribution >= 4 is 11.4 Å². The van der Waals surface area contributed by atoms with Gasteiger partial charge in [0.05, 0.1) is 18.9 Å². The number of ketones is 1. The maximum absolute atomic E-state index is 14.9. The van der Waals surface area contributed by atoms with Gasteiger partial charge in [-0.05, 0) is 25.5 Å². The second kappa shape index (κ2) is 8.85. The van der Waals surface area contributed by atoms with Crippen LogP contribution in [0.3, 0.4) is 0 Å². The average Bonchev–Trinajstić information content (AvgIpc) is 3.43. The van der Waals surface area contributed by atoms with Crippen LogP contribution in [0, 0.1) is 5.92 Å². The minimum Gasteiger partial charge on any atom is -0.493 e. The fourth-order valence-electron chi connectivity index (χ4n) is 3.67. The normalized spacial score (nSPS) is 17.6. The molecule has 0 radical (unpaired) electrons. The minimum absolute atomic E-state index is 0.234. The van der Waals surface area contributed by atoms with Gasteiger partial charge in [-0.2, -0.15) is 13.2 Å². The Morgan fingerprint density at radius 1 is 1.31 bits per heavy atom. The highest BCUT2D eigenvalue weighted by Gasteiger charge is 2.33. The largest absolute Gasteiger partial charge is 0.493 e. The van der Waals surface area contributed by atoms with E-state index in [-0.39, 0.29) is 23.7 Å². The first kappa shape index (κ1) is 22.2. The van der Waals surface area contributed by atoms with Gasteiger partial charge in [0.2, 0.25) is 0 Å². The lowest BCUT2D eigenvalue weighted by Crippen LogP contribution is -2.13. The number of Topliss-reactive ketones (excluding diaryl/α,β-unsaturated/α-hetero) is 1. The second-order valence-corrected chi connectivity index (χ2v) is 7.56. The zero-order chi connectivity index (χ0) is 22.9. The number of carbonyl (C=O) groups is 1. The summed E-state index contributed by atoms with van der Waals surface area (Å²) in [4.78, 5) is 20.5. The molecule has 0 N–H and O–H groups in total. The fourth-order valence-corrected chi connectivity index (χ4v) is 3.67. The lowest BCUT2D eigenvalue weighted by atomic mass is 10.0. The number of imidazole rings is 1. The minimum atomic E-state index is -4.65. The standard InChI is InChI=1S/C22H21F4N3O3/c1-2-32-18-9-20-28-16(21(23)13-6-7-31-12-13)11-29(20)10-14(18)8-17(30)15-4-3-5-19(27-15)22(24,25)26/h3-5,9-11,13,21H,2,6-8,12H2,1H3/t13-,21?/m0/s1. The van der Waals surface area contributed by atoms with Crippen LogP contribution in [0.15, 0.2) is 36.7 Å². The molecule has 0 amide bonds. The number of hydrogen-bond donors (Lipinski definition) is 0. The molecular weight excluding hydrogens is 430 g/mol. The van der Waals surface area contributed by atoms with Crippen molar-refractivity contribution < 1.29 is 31.8 Å². The highest BCUT2D eigenvalue weighted by atomic mass is 19.4. The van der Waals surface area contributed by atoms with E-state index in [9.17, 15) is 22.4 Å². The van der Waals surface area contributed by atoms with Gasteiger partial charge in [-0.15, -0.1) is 0 Å². The van der Waals surface area contributed by atoms with E-state index in [2.05, 4.69) is 9.97 Å². The van der Waals surface area contributed by atoms with Crippen LogP contribution in [0.5, 0.6) is 5.75 Å². The topological polar surface area (TPSA) is 65.7 Å². The number of aromatic nitrogens is 3. The molecule has 0 aromatic carbocycles. The Morgan fingerprint density at radius 2 is 2.12 bits per heavy atom. The zero-order valence-electron chi connectivity index (χ0n) is 17.2. The summed E-state index contributed by atoms with van der Waals surface area (Å²) in [5, 5.41) is 0. The molecule has 1 aliphatic rings. The lowest BCUT2D eigenvalue weighted by Gasteiger charge is -2.11. The Labute approximate surface area is 181 Å². The number of rotatable bonds is 7. The van der Waals surface area contributed by atoms with Gasteiger partial charge in [0.25, 0.3) is 0 Å². The van der Waals surface area contributed by atoms with Crippen LogP contribution in [0.2, 0.25) is 0 Å². The first-order valence-corrected chi connectivity index (χ1v) is 10.2. The van der Waals surface area contributed by atoms with E-state index in [4.69, 9.17) is 9.47 Å². The van der Waals surface area contributed by atoms with Crippen LogP contribution >= 0.6 is 0 Å². The third-order valence-electron chi connectivity index (χ3n) is 5.29. The number of carbonyl (C=O) groups excluding carboxylic acids is 1. The number of hydrogen-bond acceptors (Lipinski definition) is 5. The Hall–Kier alpha value is -3.01. The summed E-state index contributed by atoms with van der Waals surface area (Å²) in [7, 11) is 0. The number of ether oxygens (including phenoxy) is 2. The molecule has 3 aromatic heterocycles. The third-order valence-corrected chi connectivity index (χ3v) is 5.29. The Balaban J connectivity index is 1.63. The molecule has 3 aromatic rings. The van der Waals surface area contributed by atoms with Gasteiger partial charge in [0.1, 0.15) is 29.0 Å². The SMILES string of the molecule is CCOc1cc2nc(C(F)[C@H]3CCOC3)cn2cc1CC(=O)c1cccc(C(F)(F)F)n1. The van der Waals surface area contributed by atoms with E-state index in [1.54, 1.807) is 29.8 Å². The van der Waals surface area contributed by atoms with Crippen molar-refractivity contribution in [3.8, 4) is 5.75 Å². The van der Waals surface area contributed by atoms with Crippen molar-refractivity contribution in [3.05, 3.63) is 59.3 Å². The molecule has 170 valence electrons. The summed E-state index contributed by atoms with van der Waals surface area (Å²) < 4.78 is 66.1. The van der Waals surface area contributed by atoms with Crippen LogP contribution in [0.4, 0.5) is 17.6 Å². The summed E-state index contributed by atoms with van der Waals surface area (Å²) in [5.74, 6) is -0.500. The van der Waals surface area contributed by atoms with Crippen molar-refractivity contribution in [2.75, 3.05) is 19.8 Å². The molecule has 0 bridgehead atoms. The third kappa shape index (κ3) is 4.59. The first-order chi connectivity index (χ1) is 15.3. The molecule has 4 rings (SSSR count). The Kier molecular flexibility index (Phi) is 6.14. The van der Waals surface area contributed by atoms with Gasteiger partial charge in [-0.3, -0.25) is 4.79 Å². The quantitative estimate of drug-likeness (QED) is 0.388. The van der Waals surface area contributed by atoms with E-state index in [0.29, 0.717) is 43.2 Å². The van der Waals surface area contributed by atoms with Gasteiger partial charge < -0.3 is 13.9 Å². The van der Waals surface area contributed by atoms with E-state index in [1.807, 2.05) is 0 Å². The molecule has 1 unspecified atom stereocenters. The van der Waals surface area contributed by atoms with Crippen molar-refractivity contribution in [1.82, 2.24) is 14.4 Å². The molecule has 0 saturated carbocycles. The molecule has 2 atom stereocenters. The predicted octanol–water partition coefficient (Wildman–Crippen LogP) is 4.62. The zero-order valence-corrected chi connectivity index (χ0v) is 17.2. The van der Waals surface area contributed by atoms with E-state index in [0.717, 1.165) is 12.1 Å². The summed E-state index contributed by atoms with van der Waals surface area (Å²) in [6.45, 7) is 2.92. The number of fused-ring (bicyclic) bond motifs is 1. The molecule has 0 aliphatic carbocycles. The van der Waals surface area contributed by atoms with Crippen molar-refractivity contribution in [3.63, 3.8) is 0 Å². The fraction of sp³-hybridized carbons (Fsp3) is 0.409. The number of nitrogens with zero attached hydrogens (tertiary/aromatic N) is 3. The van der Waals surface area contributed by atoms with Gasteiger partial charge in [0, 0.05) is 43.0 Å². The number of pyridine rings is 2. The van der Waals surface area contributed by atoms with Crippen LogP contribution in [0.25, 0.3) is 5.65 Å². The molecule has 10 heteroatoms. The van der Waals surface area contributed by atoms with Crippen LogP contribution < -0.4 is 4.74 Å². The van der Waals surface area contributed by atoms with Crippen LogP contribution in [-0.2, 0) is 17.3 Å². The molecular formula is C22H21F4N3O3. The summed E-state index contributed by atoms with van der Waals surface area (Å²) >= 11 is 0. The molecule has 4 heterocycles.